The molecule has 1 atom stereocenters. The van der Waals surface area contributed by atoms with E-state index < -0.39 is 12.0 Å². The second-order valence-electron chi connectivity index (χ2n) is 9.83. The zero-order valence-electron chi connectivity index (χ0n) is 24.1. The molecule has 1 amide bonds. The molecule has 2 aromatic carbocycles. The lowest BCUT2D eigenvalue weighted by Crippen LogP contribution is -2.42. The summed E-state index contributed by atoms with van der Waals surface area (Å²) < 4.78 is 22.4. The number of hydrogen-bond acceptors (Lipinski definition) is 10. The van der Waals surface area contributed by atoms with E-state index in [4.69, 9.17) is 23.9 Å². The van der Waals surface area contributed by atoms with Gasteiger partial charge >= 0.3 is 5.97 Å². The summed E-state index contributed by atoms with van der Waals surface area (Å²) in [6.45, 7) is 6.43. The molecule has 0 bridgehead atoms. The first-order chi connectivity index (χ1) is 20.5. The van der Waals surface area contributed by atoms with E-state index in [0.717, 1.165) is 30.9 Å². The Hall–Kier alpha value is -3.80. The number of benzene rings is 2. The summed E-state index contributed by atoms with van der Waals surface area (Å²) in [5.74, 6) is 0.587. The Kier molecular flexibility index (Phi) is 9.83. The quantitative estimate of drug-likeness (QED) is 0.390. The van der Waals surface area contributed by atoms with Gasteiger partial charge in [0.25, 0.3) is 0 Å². The predicted molar refractivity (Wildman–Crippen MR) is 162 cm³/mol. The Bertz CT molecular complexity index is 1390. The predicted octanol–water partition coefficient (Wildman–Crippen LogP) is 3.82. The molecule has 1 saturated heterocycles. The molecule has 3 heterocycles. The zero-order valence-corrected chi connectivity index (χ0v) is 24.9. The monoisotopic (exact) mass is 592 g/mol. The zero-order chi connectivity index (χ0) is 29.5. The minimum absolute atomic E-state index is 0.108. The van der Waals surface area contributed by atoms with Crippen LogP contribution in [0.25, 0.3) is 5.70 Å². The third kappa shape index (κ3) is 6.48. The molecule has 0 aromatic heterocycles. The lowest BCUT2D eigenvalue weighted by atomic mass is 9.90. The number of amidine groups is 1. The van der Waals surface area contributed by atoms with Crippen LogP contribution in [0.3, 0.4) is 0 Å². The third-order valence-corrected chi connectivity index (χ3v) is 8.17. The molecule has 10 nitrogen and oxygen atoms in total. The van der Waals surface area contributed by atoms with Gasteiger partial charge in [-0.15, -0.1) is 0 Å². The van der Waals surface area contributed by atoms with Crippen molar-refractivity contribution in [1.82, 2.24) is 15.1 Å². The normalized spacial score (nSPS) is 18.6. The van der Waals surface area contributed by atoms with Crippen molar-refractivity contribution in [2.24, 2.45) is 4.99 Å². The van der Waals surface area contributed by atoms with Gasteiger partial charge in [0.2, 0.25) is 5.91 Å². The third-order valence-electron chi connectivity index (χ3n) is 7.28. The first-order valence-electron chi connectivity index (χ1n) is 14.0. The smallest absolute Gasteiger partial charge is 0.338 e. The molecule has 0 aliphatic carbocycles. The highest BCUT2D eigenvalue weighted by atomic mass is 32.2. The molecule has 3 aliphatic rings. The molecule has 0 saturated carbocycles. The van der Waals surface area contributed by atoms with Crippen molar-refractivity contribution in [3.05, 3.63) is 76.3 Å². The highest BCUT2D eigenvalue weighted by molar-refractivity contribution is 8.16. The fraction of sp³-hybridized carbons (Fsp3) is 0.387. The van der Waals surface area contributed by atoms with Gasteiger partial charge < -0.3 is 29.2 Å². The highest BCUT2D eigenvalue weighted by Crippen LogP contribution is 2.49. The maximum Gasteiger partial charge on any atom is 0.338 e. The van der Waals surface area contributed by atoms with Crippen molar-refractivity contribution >= 4 is 34.5 Å². The molecule has 222 valence electrons. The first-order valence-corrected chi connectivity index (χ1v) is 14.9. The van der Waals surface area contributed by atoms with Gasteiger partial charge in [0, 0.05) is 43.0 Å². The topological polar surface area (TPSA) is 102 Å². The van der Waals surface area contributed by atoms with E-state index in [1.165, 1.54) is 11.8 Å². The lowest BCUT2D eigenvalue weighted by molar-refractivity contribution is -0.139. The van der Waals surface area contributed by atoms with Crippen molar-refractivity contribution in [2.75, 3.05) is 60.2 Å². The number of nitrogens with zero attached hydrogens (tertiary/aromatic N) is 3. The Balaban J connectivity index is 1.52. The molecular weight excluding hydrogens is 556 g/mol. The minimum Gasteiger partial charge on any atom is -0.497 e. The number of amides is 1. The SMILES string of the molecule is CCOC(=O)C1=C(c2ccccc2)N=C2SC=C(CC(=O)NCCN3CCOCC3)N2C1c1cc(OC)ccc1OC. The maximum absolute atomic E-state index is 13.8. The van der Waals surface area contributed by atoms with Crippen molar-refractivity contribution in [3.63, 3.8) is 0 Å². The molecular formula is C31H36N4O6S. The number of esters is 1. The van der Waals surface area contributed by atoms with Crippen molar-refractivity contribution in [1.29, 1.82) is 0 Å². The summed E-state index contributed by atoms with van der Waals surface area (Å²) in [4.78, 5) is 36.1. The van der Waals surface area contributed by atoms with Crippen molar-refractivity contribution < 1.29 is 28.5 Å². The number of hydrogen-bond donors (Lipinski definition) is 1. The number of fused-ring (bicyclic) bond motifs is 1. The maximum atomic E-state index is 13.8. The van der Waals surface area contributed by atoms with Gasteiger partial charge in [0.15, 0.2) is 5.17 Å². The molecule has 1 unspecified atom stereocenters. The molecule has 1 fully saturated rings. The van der Waals surface area contributed by atoms with Crippen LogP contribution in [-0.4, -0.2) is 87.1 Å². The van der Waals surface area contributed by atoms with Gasteiger partial charge in [-0.25, -0.2) is 9.79 Å². The lowest BCUT2D eigenvalue weighted by Gasteiger charge is -2.37. The van der Waals surface area contributed by atoms with E-state index in [1.54, 1.807) is 21.1 Å². The Labute approximate surface area is 250 Å². The van der Waals surface area contributed by atoms with Crippen LogP contribution < -0.4 is 14.8 Å². The van der Waals surface area contributed by atoms with Crippen LogP contribution in [0.2, 0.25) is 0 Å². The number of carbonyl (C=O) groups is 2. The number of methoxy groups -OCH3 is 2. The molecule has 5 rings (SSSR count). The van der Waals surface area contributed by atoms with E-state index >= 15 is 0 Å². The van der Waals surface area contributed by atoms with Crippen LogP contribution in [0.4, 0.5) is 0 Å². The van der Waals surface area contributed by atoms with E-state index in [-0.39, 0.29) is 18.9 Å². The van der Waals surface area contributed by atoms with E-state index in [9.17, 15) is 9.59 Å². The largest absolute Gasteiger partial charge is 0.497 e. The number of aliphatic imine (C=N–C) groups is 1. The molecule has 42 heavy (non-hydrogen) atoms. The average Bonchev–Trinajstić information content (AvgIpc) is 3.42. The molecule has 0 spiro atoms. The summed E-state index contributed by atoms with van der Waals surface area (Å²) in [6, 6.07) is 14.4. The van der Waals surface area contributed by atoms with Gasteiger partial charge in [0.1, 0.15) is 11.5 Å². The Morgan fingerprint density at radius 3 is 2.60 bits per heavy atom. The number of morpholine rings is 1. The second-order valence-corrected chi connectivity index (χ2v) is 10.7. The summed E-state index contributed by atoms with van der Waals surface area (Å²) >= 11 is 1.42. The average molecular weight is 593 g/mol. The number of rotatable bonds is 11. The number of ether oxygens (including phenoxy) is 4. The molecule has 11 heteroatoms. The molecule has 3 aliphatic heterocycles. The first kappa shape index (κ1) is 29.7. The van der Waals surface area contributed by atoms with Gasteiger partial charge in [-0.2, -0.15) is 0 Å². The second kappa shape index (κ2) is 13.9. The summed E-state index contributed by atoms with van der Waals surface area (Å²) in [5, 5.41) is 5.64. The van der Waals surface area contributed by atoms with Gasteiger partial charge in [-0.05, 0) is 30.5 Å². The Morgan fingerprint density at radius 1 is 1.10 bits per heavy atom. The highest BCUT2D eigenvalue weighted by Gasteiger charge is 2.43. The molecule has 2 aromatic rings. The van der Waals surface area contributed by atoms with E-state index in [1.807, 2.05) is 58.8 Å². The summed E-state index contributed by atoms with van der Waals surface area (Å²) in [5.41, 5.74) is 3.09. The summed E-state index contributed by atoms with van der Waals surface area (Å²) in [6.07, 6.45) is 0.120. The minimum atomic E-state index is -0.681. The van der Waals surface area contributed by atoms with Crippen LogP contribution in [-0.2, 0) is 19.1 Å². The fourth-order valence-corrected chi connectivity index (χ4v) is 6.16. The molecule has 0 radical (unpaired) electrons. The van der Waals surface area contributed by atoms with Crippen LogP contribution >= 0.6 is 11.8 Å². The number of nitrogens with one attached hydrogen (secondary N) is 1. The van der Waals surface area contributed by atoms with Crippen LogP contribution in [0.1, 0.15) is 30.5 Å². The van der Waals surface area contributed by atoms with E-state index in [2.05, 4.69) is 10.2 Å². The van der Waals surface area contributed by atoms with Gasteiger partial charge in [-0.3, -0.25) is 9.69 Å². The van der Waals surface area contributed by atoms with Crippen molar-refractivity contribution in [2.45, 2.75) is 19.4 Å². The summed E-state index contributed by atoms with van der Waals surface area (Å²) in [7, 11) is 3.18. The van der Waals surface area contributed by atoms with Crippen LogP contribution in [0.5, 0.6) is 11.5 Å². The Morgan fingerprint density at radius 2 is 1.88 bits per heavy atom. The van der Waals surface area contributed by atoms with Crippen molar-refractivity contribution in [3.8, 4) is 11.5 Å². The standard InChI is InChI=1S/C31H36N4O6S/c1-4-41-30(37)27-28(21-8-6-5-7-9-21)33-31-35(29(27)24-19-23(38-2)10-11-25(24)39-3)22(20-42-31)18-26(36)32-12-13-34-14-16-40-17-15-34/h5-11,19-20,29H,4,12-18H2,1-3H3,(H,32,36). The van der Waals surface area contributed by atoms with Gasteiger partial charge in [0.05, 0.1) is 57.8 Å². The number of carbonyl (C=O) groups excluding carboxylic acids is 2. The van der Waals surface area contributed by atoms with Gasteiger partial charge in [-0.1, -0.05) is 42.1 Å². The fourth-order valence-electron chi connectivity index (χ4n) is 5.24. The van der Waals surface area contributed by atoms with E-state index in [0.29, 0.717) is 53.3 Å². The van der Waals surface area contributed by atoms with Crippen LogP contribution in [0, 0.1) is 0 Å². The van der Waals surface area contributed by atoms with Crippen LogP contribution in [0.15, 0.2) is 70.2 Å². The number of thioether (sulfide) groups is 1. The molecule has 1 N–H and O–H groups in total.